The number of hydrogen-bond acceptors (Lipinski definition) is 4. The molecule has 2 aromatic rings. The number of amides is 2. The number of hydrogen-bond donors (Lipinski definition) is 1. The molecule has 0 saturated heterocycles. The summed E-state index contributed by atoms with van der Waals surface area (Å²) in [4.78, 5) is 25.8. The molecule has 25 heavy (non-hydrogen) atoms. The summed E-state index contributed by atoms with van der Waals surface area (Å²) < 4.78 is 5.68. The Balaban J connectivity index is 1.64. The normalized spacial score (nSPS) is 15.8. The first-order valence-electron chi connectivity index (χ1n) is 8.03. The molecule has 0 fully saturated rings. The second kappa shape index (κ2) is 7.42. The van der Waals surface area contributed by atoms with Gasteiger partial charge in [0.15, 0.2) is 0 Å². The molecule has 0 saturated carbocycles. The average molecular weight is 337 g/mol. The Morgan fingerprint density at radius 1 is 1.00 bits per heavy atom. The molecule has 1 N–H and O–H groups in total. The number of benzene rings is 2. The average Bonchev–Trinajstić information content (AvgIpc) is 2.88. The summed E-state index contributed by atoms with van der Waals surface area (Å²) in [5, 5.41) is 10.4. The molecule has 0 bridgehead atoms. The summed E-state index contributed by atoms with van der Waals surface area (Å²) >= 11 is 0. The van der Waals surface area contributed by atoms with E-state index in [1.54, 1.807) is 24.3 Å². The van der Waals surface area contributed by atoms with Crippen LogP contribution in [-0.2, 0) is 11.3 Å². The van der Waals surface area contributed by atoms with Crippen LogP contribution in [0.4, 0.5) is 0 Å². The number of carbonyl (C=O) groups excluding carboxylic acids is 2. The molecule has 128 valence electrons. The number of ether oxygens (including phenoxy) is 1. The Bertz CT molecular complexity index is 752. The van der Waals surface area contributed by atoms with Crippen LogP contribution in [0.15, 0.2) is 67.3 Å². The minimum absolute atomic E-state index is 0.141. The van der Waals surface area contributed by atoms with Crippen molar-refractivity contribution in [2.75, 3.05) is 6.54 Å². The fourth-order valence-corrected chi connectivity index (χ4v) is 2.80. The van der Waals surface area contributed by atoms with Crippen molar-refractivity contribution in [2.45, 2.75) is 18.8 Å². The van der Waals surface area contributed by atoms with Crippen molar-refractivity contribution in [2.24, 2.45) is 0 Å². The Kier molecular flexibility index (Phi) is 5.07. The Morgan fingerprint density at radius 2 is 1.56 bits per heavy atom. The lowest BCUT2D eigenvalue weighted by atomic mass is 10.1. The van der Waals surface area contributed by atoms with Gasteiger partial charge in [-0.2, -0.15) is 0 Å². The smallest absolute Gasteiger partial charge is 0.261 e. The van der Waals surface area contributed by atoms with E-state index in [2.05, 4.69) is 6.58 Å². The van der Waals surface area contributed by atoms with Crippen molar-refractivity contribution < 1.29 is 19.4 Å². The Labute approximate surface area is 146 Å². The van der Waals surface area contributed by atoms with Gasteiger partial charge in [0, 0.05) is 0 Å². The molecule has 3 rings (SSSR count). The Hall–Kier alpha value is -2.76. The lowest BCUT2D eigenvalue weighted by Crippen LogP contribution is -2.42. The highest BCUT2D eigenvalue weighted by atomic mass is 16.5. The highest BCUT2D eigenvalue weighted by Gasteiger charge is 2.37. The van der Waals surface area contributed by atoms with Gasteiger partial charge in [0.2, 0.25) is 0 Å². The molecule has 2 atom stereocenters. The number of fused-ring (bicyclic) bond motifs is 1. The topological polar surface area (TPSA) is 66.8 Å². The largest absolute Gasteiger partial charge is 0.388 e. The number of aliphatic hydroxyl groups excluding tert-OH is 1. The van der Waals surface area contributed by atoms with Crippen molar-refractivity contribution >= 4 is 11.8 Å². The van der Waals surface area contributed by atoms with Crippen molar-refractivity contribution in [3.63, 3.8) is 0 Å². The maximum absolute atomic E-state index is 12.4. The maximum Gasteiger partial charge on any atom is 0.261 e. The van der Waals surface area contributed by atoms with Gasteiger partial charge in [0.05, 0.1) is 24.3 Å². The van der Waals surface area contributed by atoms with Crippen molar-refractivity contribution in [1.29, 1.82) is 0 Å². The number of carbonyl (C=O) groups is 2. The van der Waals surface area contributed by atoms with Crippen molar-refractivity contribution in [3.05, 3.63) is 83.9 Å². The fourth-order valence-electron chi connectivity index (χ4n) is 2.80. The summed E-state index contributed by atoms with van der Waals surface area (Å²) in [6, 6.07) is 16.2. The number of imide groups is 1. The van der Waals surface area contributed by atoms with E-state index in [-0.39, 0.29) is 6.54 Å². The van der Waals surface area contributed by atoms with E-state index >= 15 is 0 Å². The summed E-state index contributed by atoms with van der Waals surface area (Å²) in [7, 11) is 0. The zero-order chi connectivity index (χ0) is 17.8. The van der Waals surface area contributed by atoms with E-state index in [1.807, 2.05) is 30.3 Å². The van der Waals surface area contributed by atoms with E-state index in [0.717, 1.165) is 10.5 Å². The molecule has 2 unspecified atom stereocenters. The molecule has 2 aromatic carbocycles. The van der Waals surface area contributed by atoms with Crippen molar-refractivity contribution in [3.8, 4) is 0 Å². The molecule has 5 heteroatoms. The van der Waals surface area contributed by atoms with Crippen LogP contribution < -0.4 is 0 Å². The van der Waals surface area contributed by atoms with Crippen molar-refractivity contribution in [1.82, 2.24) is 4.90 Å². The Morgan fingerprint density at radius 3 is 2.12 bits per heavy atom. The van der Waals surface area contributed by atoms with E-state index in [4.69, 9.17) is 4.74 Å². The molecule has 0 spiro atoms. The predicted octanol–water partition coefficient (Wildman–Crippen LogP) is 2.41. The van der Waals surface area contributed by atoms with E-state index in [9.17, 15) is 14.7 Å². The standard InChI is InChI=1S/C20H19NO4/c1-2-18(25-13-14-8-4-3-5-9-14)17(22)12-21-19(23)15-10-6-7-11-16(15)20(21)24/h2-11,17-18,22H,1,12-13H2. The molecule has 2 amide bonds. The van der Waals surface area contributed by atoms with Gasteiger partial charge in [0.1, 0.15) is 12.2 Å². The first-order chi connectivity index (χ1) is 12.1. The predicted molar refractivity (Wildman–Crippen MR) is 93.0 cm³/mol. The molecule has 0 radical (unpaired) electrons. The number of β-amino-alcohol motifs (C(OH)–C–C–N with tert-alkyl or cyclic N) is 1. The van der Waals surface area contributed by atoms with Gasteiger partial charge < -0.3 is 9.84 Å². The van der Waals surface area contributed by atoms with Crippen LogP contribution in [0.2, 0.25) is 0 Å². The maximum atomic E-state index is 12.4. The lowest BCUT2D eigenvalue weighted by Gasteiger charge is -2.24. The van der Waals surface area contributed by atoms with Crippen LogP contribution in [0.25, 0.3) is 0 Å². The highest BCUT2D eigenvalue weighted by molar-refractivity contribution is 6.21. The number of nitrogens with zero attached hydrogens (tertiary/aromatic N) is 1. The SMILES string of the molecule is C=CC(OCc1ccccc1)C(O)CN1C(=O)c2ccccc2C1=O. The fraction of sp³-hybridized carbons (Fsp3) is 0.200. The third kappa shape index (κ3) is 3.52. The summed E-state index contributed by atoms with van der Waals surface area (Å²) in [5.74, 6) is -0.795. The van der Waals surface area contributed by atoms with Gasteiger partial charge in [-0.3, -0.25) is 14.5 Å². The second-order valence-corrected chi connectivity index (χ2v) is 5.83. The zero-order valence-corrected chi connectivity index (χ0v) is 13.7. The van der Waals surface area contributed by atoms with Crippen LogP contribution in [-0.4, -0.2) is 40.6 Å². The summed E-state index contributed by atoms with van der Waals surface area (Å²) in [6.45, 7) is 3.83. The molecule has 1 aliphatic rings. The van der Waals surface area contributed by atoms with E-state index in [0.29, 0.717) is 17.7 Å². The van der Waals surface area contributed by atoms with Gasteiger partial charge in [-0.15, -0.1) is 6.58 Å². The quantitative estimate of drug-likeness (QED) is 0.622. The van der Waals surface area contributed by atoms with Gasteiger partial charge in [-0.05, 0) is 17.7 Å². The van der Waals surface area contributed by atoms with Crippen LogP contribution in [0, 0.1) is 0 Å². The summed E-state index contributed by atoms with van der Waals surface area (Å²) in [6.07, 6.45) is -0.265. The molecule has 1 heterocycles. The summed E-state index contributed by atoms with van der Waals surface area (Å²) in [5.41, 5.74) is 1.68. The molecular formula is C20H19NO4. The van der Waals surface area contributed by atoms with Gasteiger partial charge in [-0.1, -0.05) is 48.5 Å². The van der Waals surface area contributed by atoms with Crippen LogP contribution in [0.3, 0.4) is 0 Å². The van der Waals surface area contributed by atoms with Crippen LogP contribution in [0.1, 0.15) is 26.3 Å². The molecule has 5 nitrogen and oxygen atoms in total. The first-order valence-corrected chi connectivity index (χ1v) is 8.03. The van der Waals surface area contributed by atoms with E-state index in [1.165, 1.54) is 6.08 Å². The highest BCUT2D eigenvalue weighted by Crippen LogP contribution is 2.23. The molecule has 0 aliphatic carbocycles. The second-order valence-electron chi connectivity index (χ2n) is 5.83. The van der Waals surface area contributed by atoms with Gasteiger partial charge in [-0.25, -0.2) is 0 Å². The molecule has 0 aromatic heterocycles. The minimum atomic E-state index is -1.05. The van der Waals surface area contributed by atoms with Crippen LogP contribution >= 0.6 is 0 Å². The number of rotatable bonds is 7. The molecule has 1 aliphatic heterocycles. The zero-order valence-electron chi connectivity index (χ0n) is 13.7. The third-order valence-electron chi connectivity index (χ3n) is 4.14. The number of aliphatic hydroxyl groups is 1. The van der Waals surface area contributed by atoms with Crippen LogP contribution in [0.5, 0.6) is 0 Å². The third-order valence-corrected chi connectivity index (χ3v) is 4.14. The lowest BCUT2D eigenvalue weighted by molar-refractivity contribution is -0.0269. The van der Waals surface area contributed by atoms with Gasteiger partial charge in [0.25, 0.3) is 11.8 Å². The minimum Gasteiger partial charge on any atom is -0.388 e. The molecular weight excluding hydrogens is 318 g/mol. The monoisotopic (exact) mass is 337 g/mol. The van der Waals surface area contributed by atoms with Gasteiger partial charge >= 0.3 is 0 Å². The van der Waals surface area contributed by atoms with E-state index < -0.39 is 24.0 Å². The first kappa shape index (κ1) is 17.1.